The minimum atomic E-state index is -3.54. The fourth-order valence-electron chi connectivity index (χ4n) is 2.79. The molecule has 1 saturated heterocycles. The molecule has 0 radical (unpaired) electrons. The second-order valence-corrected chi connectivity index (χ2v) is 8.16. The van der Waals surface area contributed by atoms with Crippen LogP contribution in [0.4, 0.5) is 0 Å². The van der Waals surface area contributed by atoms with Crippen molar-refractivity contribution in [2.75, 3.05) is 19.3 Å². The first-order valence-electron chi connectivity index (χ1n) is 7.80. The monoisotopic (exact) mass is 353 g/mol. The number of rotatable bonds is 5. The summed E-state index contributed by atoms with van der Waals surface area (Å²) in [5.74, 6) is -0.939. The molecule has 0 spiro atoms. The van der Waals surface area contributed by atoms with Gasteiger partial charge in [-0.3, -0.25) is 9.59 Å². The largest absolute Gasteiger partial charge is 0.357 e. The second kappa shape index (κ2) is 7.31. The molecule has 132 valence electrons. The molecule has 0 unspecified atom stereocenters. The van der Waals surface area contributed by atoms with Crippen LogP contribution in [0, 0.1) is 6.92 Å². The van der Waals surface area contributed by atoms with Gasteiger partial charge in [0.25, 0.3) is 0 Å². The Bertz CT molecular complexity index is 715. The van der Waals surface area contributed by atoms with E-state index >= 15 is 0 Å². The summed E-state index contributed by atoms with van der Waals surface area (Å²) in [7, 11) is -2.04. The van der Waals surface area contributed by atoms with E-state index in [-0.39, 0.29) is 41.5 Å². The summed E-state index contributed by atoms with van der Waals surface area (Å²) in [5, 5.41) is 2.51. The number of carbonyl (C=O) groups excluding carboxylic acids is 2. The van der Waals surface area contributed by atoms with E-state index in [1.165, 1.54) is 24.1 Å². The maximum absolute atomic E-state index is 12.4. The molecule has 1 fully saturated rings. The van der Waals surface area contributed by atoms with Crippen LogP contribution in [0.25, 0.3) is 0 Å². The average molecular weight is 353 g/mol. The molecule has 1 aromatic carbocycles. The van der Waals surface area contributed by atoms with Crippen LogP contribution in [0.2, 0.25) is 0 Å². The zero-order chi connectivity index (χ0) is 17.9. The van der Waals surface area contributed by atoms with Gasteiger partial charge in [0.2, 0.25) is 11.8 Å². The Morgan fingerprint density at radius 3 is 2.50 bits per heavy atom. The van der Waals surface area contributed by atoms with Gasteiger partial charge in [0, 0.05) is 26.1 Å². The SMILES string of the molecule is CNC(=O)[C@@H]1C[C@H](N)CN1C(=O)CCS(=O)(=O)c1ccc(C)cc1. The van der Waals surface area contributed by atoms with Gasteiger partial charge in [0.05, 0.1) is 10.6 Å². The van der Waals surface area contributed by atoms with Gasteiger partial charge in [-0.15, -0.1) is 0 Å². The van der Waals surface area contributed by atoms with Crippen molar-refractivity contribution in [3.8, 4) is 0 Å². The Morgan fingerprint density at radius 1 is 1.29 bits per heavy atom. The van der Waals surface area contributed by atoms with Crippen LogP contribution in [0.1, 0.15) is 18.4 Å². The summed E-state index contributed by atoms with van der Waals surface area (Å²) in [6.07, 6.45) is 0.215. The lowest BCUT2D eigenvalue weighted by atomic mass is 10.1. The standard InChI is InChI=1S/C16H23N3O4S/c1-11-3-5-13(6-4-11)24(22,23)8-7-15(20)19-10-12(17)9-14(19)16(21)18-2/h3-6,12,14H,7-10,17H2,1-2H3,(H,18,21)/t12-,14-/m0/s1. The number of likely N-dealkylation sites (N-methyl/N-ethyl adjacent to an activating group) is 1. The van der Waals surface area contributed by atoms with E-state index in [0.29, 0.717) is 6.42 Å². The van der Waals surface area contributed by atoms with Crippen molar-refractivity contribution in [3.63, 3.8) is 0 Å². The summed E-state index contributed by atoms with van der Waals surface area (Å²) < 4.78 is 24.6. The van der Waals surface area contributed by atoms with E-state index in [4.69, 9.17) is 5.73 Å². The van der Waals surface area contributed by atoms with E-state index in [9.17, 15) is 18.0 Å². The van der Waals surface area contributed by atoms with Crippen LogP contribution < -0.4 is 11.1 Å². The first kappa shape index (κ1) is 18.4. The second-order valence-electron chi connectivity index (χ2n) is 6.05. The van der Waals surface area contributed by atoms with E-state index in [1.807, 2.05) is 6.92 Å². The molecule has 0 aliphatic carbocycles. The number of hydrogen-bond acceptors (Lipinski definition) is 5. The number of nitrogens with two attached hydrogens (primary N) is 1. The number of amides is 2. The number of aryl methyl sites for hydroxylation is 1. The Morgan fingerprint density at radius 2 is 1.92 bits per heavy atom. The van der Waals surface area contributed by atoms with Gasteiger partial charge >= 0.3 is 0 Å². The third-order valence-corrected chi connectivity index (χ3v) is 5.90. The minimum Gasteiger partial charge on any atom is -0.357 e. The van der Waals surface area contributed by atoms with Crippen molar-refractivity contribution in [3.05, 3.63) is 29.8 Å². The maximum atomic E-state index is 12.4. The van der Waals surface area contributed by atoms with Crippen LogP contribution in [0.5, 0.6) is 0 Å². The Labute approximate surface area is 142 Å². The topological polar surface area (TPSA) is 110 Å². The molecule has 8 heteroatoms. The van der Waals surface area contributed by atoms with E-state index in [1.54, 1.807) is 12.1 Å². The first-order chi connectivity index (χ1) is 11.2. The molecule has 1 aromatic rings. The molecule has 2 amide bonds. The van der Waals surface area contributed by atoms with E-state index in [2.05, 4.69) is 5.32 Å². The van der Waals surface area contributed by atoms with Crippen LogP contribution in [-0.4, -0.2) is 56.6 Å². The first-order valence-corrected chi connectivity index (χ1v) is 9.46. The van der Waals surface area contributed by atoms with Gasteiger partial charge in [0.15, 0.2) is 9.84 Å². The van der Waals surface area contributed by atoms with Crippen molar-refractivity contribution in [2.24, 2.45) is 5.73 Å². The lowest BCUT2D eigenvalue weighted by Crippen LogP contribution is -2.45. The molecule has 1 aliphatic heterocycles. The molecule has 3 N–H and O–H groups in total. The highest BCUT2D eigenvalue weighted by Crippen LogP contribution is 2.19. The molecule has 0 saturated carbocycles. The van der Waals surface area contributed by atoms with Crippen LogP contribution in [0.15, 0.2) is 29.2 Å². The molecular formula is C16H23N3O4S. The van der Waals surface area contributed by atoms with Gasteiger partial charge in [0.1, 0.15) is 6.04 Å². The molecule has 7 nitrogen and oxygen atoms in total. The van der Waals surface area contributed by atoms with Crippen LogP contribution >= 0.6 is 0 Å². The number of nitrogens with zero attached hydrogens (tertiary/aromatic N) is 1. The van der Waals surface area contributed by atoms with Gasteiger partial charge in [-0.2, -0.15) is 0 Å². The molecule has 24 heavy (non-hydrogen) atoms. The highest BCUT2D eigenvalue weighted by atomic mass is 32.2. The van der Waals surface area contributed by atoms with Crippen molar-refractivity contribution in [2.45, 2.75) is 36.7 Å². The predicted octanol–water partition coefficient (Wildman–Crippen LogP) is -0.167. The van der Waals surface area contributed by atoms with E-state index in [0.717, 1.165) is 5.56 Å². The van der Waals surface area contributed by atoms with Crippen molar-refractivity contribution < 1.29 is 18.0 Å². The number of likely N-dealkylation sites (tertiary alicyclic amines) is 1. The van der Waals surface area contributed by atoms with Crippen LogP contribution in [-0.2, 0) is 19.4 Å². The summed E-state index contributed by atoms with van der Waals surface area (Å²) >= 11 is 0. The molecule has 1 aliphatic rings. The normalized spacial score (nSPS) is 20.9. The fraction of sp³-hybridized carbons (Fsp3) is 0.500. The highest BCUT2D eigenvalue weighted by Gasteiger charge is 2.37. The number of hydrogen-bond donors (Lipinski definition) is 2. The maximum Gasteiger partial charge on any atom is 0.242 e. The number of benzene rings is 1. The average Bonchev–Trinajstić information content (AvgIpc) is 2.94. The third kappa shape index (κ3) is 4.12. The number of sulfone groups is 1. The summed E-state index contributed by atoms with van der Waals surface area (Å²) in [4.78, 5) is 25.8. The van der Waals surface area contributed by atoms with Gasteiger partial charge in [-0.05, 0) is 25.5 Å². The van der Waals surface area contributed by atoms with Crippen molar-refractivity contribution in [1.82, 2.24) is 10.2 Å². The fourth-order valence-corrected chi connectivity index (χ4v) is 4.02. The number of nitrogens with one attached hydrogen (secondary N) is 1. The van der Waals surface area contributed by atoms with Gasteiger partial charge in [-0.1, -0.05) is 17.7 Å². The molecule has 0 bridgehead atoms. The van der Waals surface area contributed by atoms with Gasteiger partial charge < -0.3 is 16.0 Å². The summed E-state index contributed by atoms with van der Waals surface area (Å²) in [6.45, 7) is 2.14. The molecule has 1 heterocycles. The quantitative estimate of drug-likeness (QED) is 0.764. The Hall–Kier alpha value is -1.93. The van der Waals surface area contributed by atoms with Crippen LogP contribution in [0.3, 0.4) is 0 Å². The molecule has 0 aromatic heterocycles. The minimum absolute atomic E-state index is 0.170. The lowest BCUT2D eigenvalue weighted by Gasteiger charge is -2.23. The van der Waals surface area contributed by atoms with Crippen molar-refractivity contribution in [1.29, 1.82) is 0 Å². The summed E-state index contributed by atoms with van der Waals surface area (Å²) in [6, 6.07) is 5.61. The Balaban J connectivity index is 2.04. The van der Waals surface area contributed by atoms with Crippen molar-refractivity contribution >= 4 is 21.7 Å². The molecule has 2 atom stereocenters. The lowest BCUT2D eigenvalue weighted by molar-refractivity contribution is -0.137. The molecular weight excluding hydrogens is 330 g/mol. The highest BCUT2D eigenvalue weighted by molar-refractivity contribution is 7.91. The number of carbonyl (C=O) groups is 2. The summed E-state index contributed by atoms with van der Waals surface area (Å²) in [5.41, 5.74) is 6.80. The smallest absolute Gasteiger partial charge is 0.242 e. The molecule has 2 rings (SSSR count). The van der Waals surface area contributed by atoms with E-state index < -0.39 is 15.9 Å². The van der Waals surface area contributed by atoms with Gasteiger partial charge in [-0.25, -0.2) is 8.42 Å². The third-order valence-electron chi connectivity index (χ3n) is 4.17. The zero-order valence-corrected chi connectivity index (χ0v) is 14.7. The zero-order valence-electron chi connectivity index (χ0n) is 13.9. The Kier molecular flexibility index (Phi) is 5.61. The predicted molar refractivity (Wildman–Crippen MR) is 90.0 cm³/mol.